The number of fused-ring (bicyclic) bond motifs is 1. The highest BCUT2D eigenvalue weighted by Crippen LogP contribution is 2.31. The lowest BCUT2D eigenvalue weighted by Gasteiger charge is -2.17. The Kier molecular flexibility index (Phi) is 3.79. The van der Waals surface area contributed by atoms with E-state index in [1.54, 1.807) is 32.5 Å². The maximum Gasteiger partial charge on any atom is 0.333 e. The predicted octanol–water partition coefficient (Wildman–Crippen LogP) is 3.44. The quantitative estimate of drug-likeness (QED) is 0.766. The molecule has 0 unspecified atom stereocenters. The van der Waals surface area contributed by atoms with Gasteiger partial charge in [-0.2, -0.15) is 19.0 Å². The molecule has 0 spiro atoms. The summed E-state index contributed by atoms with van der Waals surface area (Å²) in [5.41, 5.74) is 1.45. The molecule has 2 heterocycles. The van der Waals surface area contributed by atoms with Crippen molar-refractivity contribution in [1.29, 1.82) is 0 Å². The van der Waals surface area contributed by atoms with Gasteiger partial charge in [-0.15, -0.1) is 0 Å². The van der Waals surface area contributed by atoms with E-state index in [9.17, 15) is 13.9 Å². The fourth-order valence-corrected chi connectivity index (χ4v) is 2.60. The van der Waals surface area contributed by atoms with Crippen LogP contribution in [0.5, 0.6) is 0 Å². The van der Waals surface area contributed by atoms with Crippen LogP contribution in [0.15, 0.2) is 24.4 Å². The number of alkyl halides is 2. The second-order valence-electron chi connectivity index (χ2n) is 6.25. The van der Waals surface area contributed by atoms with E-state index in [-0.39, 0.29) is 0 Å². The van der Waals surface area contributed by atoms with Gasteiger partial charge in [-0.05, 0) is 38.5 Å². The van der Waals surface area contributed by atoms with E-state index in [1.165, 1.54) is 6.20 Å². The normalized spacial score (nSPS) is 12.3. The van der Waals surface area contributed by atoms with Crippen molar-refractivity contribution in [2.45, 2.75) is 32.9 Å². The minimum absolute atomic E-state index is 0.330. The molecule has 0 saturated carbocycles. The topological polar surface area (TPSA) is 67.9 Å². The summed E-state index contributed by atoms with van der Waals surface area (Å²) in [6, 6.07) is 5.54. The van der Waals surface area contributed by atoms with Gasteiger partial charge in [-0.3, -0.25) is 4.68 Å². The summed E-state index contributed by atoms with van der Waals surface area (Å²) >= 11 is 0. The highest BCUT2D eigenvalue weighted by atomic mass is 19.3. The Morgan fingerprint density at radius 2 is 2.00 bits per heavy atom. The molecule has 0 atom stereocenters. The second kappa shape index (κ2) is 5.55. The molecule has 3 aromatic rings. The van der Waals surface area contributed by atoms with Crippen LogP contribution in [0.25, 0.3) is 10.9 Å². The fraction of sp³-hybridized carbons (Fsp3) is 0.375. The minimum atomic E-state index is -2.68. The number of halogens is 2. The molecule has 0 bridgehead atoms. The zero-order valence-corrected chi connectivity index (χ0v) is 13.9. The molecule has 24 heavy (non-hydrogen) atoms. The van der Waals surface area contributed by atoms with Gasteiger partial charge in [-0.25, -0.2) is 4.68 Å². The third-order valence-corrected chi connectivity index (χ3v) is 4.04. The van der Waals surface area contributed by atoms with Gasteiger partial charge in [0.05, 0.1) is 28.7 Å². The molecule has 3 rings (SSSR count). The average molecular weight is 335 g/mol. The monoisotopic (exact) mass is 335 g/mol. The largest absolute Gasteiger partial charge is 0.386 e. The lowest BCUT2D eigenvalue weighted by Crippen LogP contribution is -2.15. The van der Waals surface area contributed by atoms with Crippen LogP contribution in [0.4, 0.5) is 20.3 Å². The first-order valence-corrected chi connectivity index (χ1v) is 7.47. The highest BCUT2D eigenvalue weighted by Gasteiger charge is 2.19. The van der Waals surface area contributed by atoms with E-state index < -0.39 is 12.2 Å². The van der Waals surface area contributed by atoms with Crippen LogP contribution < -0.4 is 5.32 Å². The van der Waals surface area contributed by atoms with Crippen molar-refractivity contribution in [2.75, 3.05) is 5.32 Å². The average Bonchev–Trinajstić information content (AvgIpc) is 3.00. The van der Waals surface area contributed by atoms with Crippen molar-refractivity contribution in [3.63, 3.8) is 0 Å². The Hall–Kier alpha value is -2.48. The van der Waals surface area contributed by atoms with Gasteiger partial charge in [0, 0.05) is 12.4 Å². The molecule has 128 valence electrons. The van der Waals surface area contributed by atoms with E-state index >= 15 is 0 Å². The number of nitrogens with zero attached hydrogens (tertiary/aromatic N) is 4. The fourth-order valence-electron chi connectivity index (χ4n) is 2.60. The van der Waals surface area contributed by atoms with Gasteiger partial charge in [-0.1, -0.05) is 6.07 Å². The number of aromatic nitrogens is 4. The van der Waals surface area contributed by atoms with Gasteiger partial charge in [0.2, 0.25) is 0 Å². The Morgan fingerprint density at radius 3 is 2.58 bits per heavy atom. The molecule has 8 heteroatoms. The summed E-state index contributed by atoms with van der Waals surface area (Å²) in [6.45, 7) is 2.31. The number of rotatable bonds is 4. The number of hydrogen-bond acceptors (Lipinski definition) is 4. The summed E-state index contributed by atoms with van der Waals surface area (Å²) in [6.07, 6.45) is 1.35. The Morgan fingerprint density at radius 1 is 1.29 bits per heavy atom. The SMILES string of the molecule is Cc1c(Nc2nn(C)c3cc(C(C)(C)O)ccc23)cnn1C(F)F. The summed E-state index contributed by atoms with van der Waals surface area (Å²) in [5.74, 6) is 0.548. The summed E-state index contributed by atoms with van der Waals surface area (Å²) in [4.78, 5) is 0. The number of anilines is 2. The van der Waals surface area contributed by atoms with Crippen LogP contribution in [0.2, 0.25) is 0 Å². The van der Waals surface area contributed by atoms with Gasteiger partial charge in [0.25, 0.3) is 0 Å². The first kappa shape index (κ1) is 16.4. The Bertz CT molecular complexity index is 892. The standard InChI is InChI=1S/C16H19F2N5O/c1-9-12(8-19-23(9)15(17)18)20-14-11-6-5-10(16(2,3)24)7-13(11)22(4)21-14/h5-8,15,24H,1-4H3,(H,20,21). The molecule has 2 aromatic heterocycles. The molecule has 0 fully saturated rings. The van der Waals surface area contributed by atoms with Crippen LogP contribution in [-0.4, -0.2) is 24.7 Å². The van der Waals surface area contributed by atoms with Crippen molar-refractivity contribution in [3.05, 3.63) is 35.7 Å². The minimum Gasteiger partial charge on any atom is -0.386 e. The van der Waals surface area contributed by atoms with Crippen molar-refractivity contribution < 1.29 is 13.9 Å². The first-order valence-electron chi connectivity index (χ1n) is 7.47. The molecule has 0 amide bonds. The molecular weight excluding hydrogens is 316 g/mol. The summed E-state index contributed by atoms with van der Waals surface area (Å²) < 4.78 is 28.0. The van der Waals surface area contributed by atoms with Crippen molar-refractivity contribution >= 4 is 22.4 Å². The summed E-state index contributed by atoms with van der Waals surface area (Å²) in [5, 5.41) is 22.1. The maximum absolute atomic E-state index is 12.8. The van der Waals surface area contributed by atoms with Crippen LogP contribution >= 0.6 is 0 Å². The van der Waals surface area contributed by atoms with Gasteiger partial charge in [0.1, 0.15) is 0 Å². The molecule has 1 aromatic carbocycles. The molecule has 6 nitrogen and oxygen atoms in total. The van der Waals surface area contributed by atoms with Gasteiger partial charge < -0.3 is 10.4 Å². The third-order valence-electron chi connectivity index (χ3n) is 4.04. The molecule has 0 aliphatic heterocycles. The van der Waals surface area contributed by atoms with Crippen LogP contribution in [0.1, 0.15) is 31.7 Å². The predicted molar refractivity (Wildman–Crippen MR) is 87.5 cm³/mol. The lowest BCUT2D eigenvalue weighted by molar-refractivity contribution is 0.0545. The van der Waals surface area contributed by atoms with E-state index in [0.29, 0.717) is 21.9 Å². The summed E-state index contributed by atoms with van der Waals surface area (Å²) in [7, 11) is 1.79. The zero-order chi connectivity index (χ0) is 17.6. The molecule has 0 saturated heterocycles. The molecule has 0 aliphatic rings. The molecule has 0 radical (unpaired) electrons. The second-order valence-corrected chi connectivity index (χ2v) is 6.25. The number of benzene rings is 1. The zero-order valence-electron chi connectivity index (χ0n) is 13.9. The van der Waals surface area contributed by atoms with E-state index in [2.05, 4.69) is 15.5 Å². The van der Waals surface area contributed by atoms with Crippen molar-refractivity contribution in [2.24, 2.45) is 7.05 Å². The van der Waals surface area contributed by atoms with E-state index in [0.717, 1.165) is 16.5 Å². The number of hydrogen-bond donors (Lipinski definition) is 2. The number of aryl methyl sites for hydroxylation is 1. The van der Waals surface area contributed by atoms with E-state index in [4.69, 9.17) is 0 Å². The molecular formula is C16H19F2N5O. The van der Waals surface area contributed by atoms with Crippen molar-refractivity contribution in [1.82, 2.24) is 19.6 Å². The van der Waals surface area contributed by atoms with Gasteiger partial charge >= 0.3 is 6.55 Å². The van der Waals surface area contributed by atoms with Crippen molar-refractivity contribution in [3.8, 4) is 0 Å². The smallest absolute Gasteiger partial charge is 0.333 e. The number of aliphatic hydroxyl groups is 1. The highest BCUT2D eigenvalue weighted by molar-refractivity contribution is 5.92. The Labute approximate surface area is 137 Å². The number of nitrogens with one attached hydrogen (secondary N) is 1. The van der Waals surface area contributed by atoms with Gasteiger partial charge in [0.15, 0.2) is 5.82 Å². The molecule has 0 aliphatic carbocycles. The van der Waals surface area contributed by atoms with Crippen LogP contribution in [0.3, 0.4) is 0 Å². The molecule has 2 N–H and O–H groups in total. The maximum atomic E-state index is 12.8. The van der Waals surface area contributed by atoms with Crippen LogP contribution in [-0.2, 0) is 12.6 Å². The lowest BCUT2D eigenvalue weighted by atomic mass is 9.97. The Balaban J connectivity index is 2.02. The van der Waals surface area contributed by atoms with Crippen LogP contribution in [0, 0.1) is 6.92 Å². The first-order chi connectivity index (χ1) is 11.2. The third kappa shape index (κ3) is 2.73. The van der Waals surface area contributed by atoms with E-state index in [1.807, 2.05) is 18.2 Å².